The number of ketones is 1. The van der Waals surface area contributed by atoms with E-state index in [9.17, 15) is 32.8 Å². The molecule has 0 bridgehead atoms. The van der Waals surface area contributed by atoms with Crippen LogP contribution in [0.4, 0.5) is 19.3 Å². The lowest BCUT2D eigenvalue weighted by atomic mass is 9.95. The maximum absolute atomic E-state index is 13.9. The highest BCUT2D eigenvalue weighted by atomic mass is 19.2. The number of carbonyl (C=O) groups is 5. The van der Waals surface area contributed by atoms with E-state index in [2.05, 4.69) is 21.3 Å². The van der Waals surface area contributed by atoms with Gasteiger partial charge in [-0.25, -0.2) is 13.6 Å². The number of anilines is 1. The molecule has 3 aliphatic rings. The van der Waals surface area contributed by atoms with E-state index >= 15 is 0 Å². The van der Waals surface area contributed by atoms with Crippen LogP contribution in [0, 0.1) is 17.6 Å². The number of ether oxygens (including phenoxy) is 1. The second-order valence-electron chi connectivity index (χ2n) is 8.69. The minimum Gasteiger partial charge on any atom is -0.446 e. The summed E-state index contributed by atoms with van der Waals surface area (Å²) < 4.78 is 32.8. The van der Waals surface area contributed by atoms with Gasteiger partial charge in [-0.1, -0.05) is 0 Å². The van der Waals surface area contributed by atoms with E-state index < -0.39 is 52.8 Å². The SMILES string of the molecule is O=C(Nc1cc(F)c(F)cc1C(=O)N[C@@H](C[C@@H]1CCNC1=O)C(=O)C(=O)NC1CC1)OC1CC1. The lowest BCUT2D eigenvalue weighted by molar-refractivity contribution is -0.139. The molecule has 182 valence electrons. The second kappa shape index (κ2) is 9.74. The summed E-state index contributed by atoms with van der Waals surface area (Å²) in [4.78, 5) is 62.1. The van der Waals surface area contributed by atoms with E-state index in [-0.39, 0.29) is 30.2 Å². The zero-order valence-electron chi connectivity index (χ0n) is 18.1. The smallest absolute Gasteiger partial charge is 0.411 e. The molecule has 1 saturated heterocycles. The summed E-state index contributed by atoms with van der Waals surface area (Å²) in [6.07, 6.45) is 1.89. The molecule has 12 heteroatoms. The lowest BCUT2D eigenvalue weighted by Gasteiger charge is -2.20. The highest BCUT2D eigenvalue weighted by Gasteiger charge is 2.36. The molecule has 1 aliphatic heterocycles. The molecule has 3 fully saturated rings. The van der Waals surface area contributed by atoms with Crippen molar-refractivity contribution in [3.8, 4) is 0 Å². The molecule has 0 unspecified atom stereocenters. The molecule has 1 aromatic rings. The Balaban J connectivity index is 1.53. The summed E-state index contributed by atoms with van der Waals surface area (Å²) in [5, 5.41) is 9.73. The largest absolute Gasteiger partial charge is 0.446 e. The van der Waals surface area contributed by atoms with Gasteiger partial charge in [0.1, 0.15) is 6.10 Å². The van der Waals surface area contributed by atoms with Crippen molar-refractivity contribution in [1.82, 2.24) is 16.0 Å². The molecule has 1 heterocycles. The Bertz CT molecular complexity index is 1040. The molecule has 2 atom stereocenters. The Labute approximate surface area is 193 Å². The molecule has 4 rings (SSSR count). The third-order valence-corrected chi connectivity index (χ3v) is 5.78. The highest BCUT2D eigenvalue weighted by molar-refractivity contribution is 6.38. The van der Waals surface area contributed by atoms with E-state index in [4.69, 9.17) is 4.74 Å². The number of amides is 4. The van der Waals surface area contributed by atoms with Crippen LogP contribution in [-0.2, 0) is 19.1 Å². The Morgan fingerprint density at radius 1 is 1.06 bits per heavy atom. The van der Waals surface area contributed by atoms with Crippen molar-refractivity contribution in [3.05, 3.63) is 29.3 Å². The van der Waals surface area contributed by atoms with Gasteiger partial charge in [0.25, 0.3) is 11.8 Å². The van der Waals surface area contributed by atoms with Gasteiger partial charge in [-0.2, -0.15) is 0 Å². The summed E-state index contributed by atoms with van der Waals surface area (Å²) >= 11 is 0. The zero-order valence-corrected chi connectivity index (χ0v) is 18.1. The number of nitrogens with one attached hydrogen (secondary N) is 4. The van der Waals surface area contributed by atoms with E-state index in [1.165, 1.54) is 0 Å². The maximum Gasteiger partial charge on any atom is 0.411 e. The average Bonchev–Trinajstić information content (AvgIpc) is 3.71. The van der Waals surface area contributed by atoms with Crippen molar-refractivity contribution in [3.63, 3.8) is 0 Å². The maximum atomic E-state index is 13.9. The Morgan fingerprint density at radius 2 is 1.76 bits per heavy atom. The summed E-state index contributed by atoms with van der Waals surface area (Å²) in [6, 6.07) is -0.299. The number of rotatable bonds is 9. The van der Waals surface area contributed by atoms with Crippen LogP contribution in [0.25, 0.3) is 0 Å². The summed E-state index contributed by atoms with van der Waals surface area (Å²) in [5.41, 5.74) is -0.836. The first-order valence-electron chi connectivity index (χ1n) is 11.1. The molecular weight excluding hydrogens is 454 g/mol. The monoisotopic (exact) mass is 478 g/mol. The van der Waals surface area contributed by atoms with Crippen LogP contribution in [-0.4, -0.2) is 54.3 Å². The van der Waals surface area contributed by atoms with Gasteiger partial charge in [-0.3, -0.25) is 24.5 Å². The van der Waals surface area contributed by atoms with Crippen LogP contribution in [0.1, 0.15) is 48.9 Å². The van der Waals surface area contributed by atoms with Gasteiger partial charge in [0, 0.05) is 24.6 Å². The fourth-order valence-corrected chi connectivity index (χ4v) is 3.58. The fourth-order valence-electron chi connectivity index (χ4n) is 3.58. The molecule has 4 N–H and O–H groups in total. The van der Waals surface area contributed by atoms with Gasteiger partial charge in [-0.05, 0) is 44.6 Å². The fraction of sp³-hybridized carbons (Fsp3) is 0.500. The average molecular weight is 478 g/mol. The Kier molecular flexibility index (Phi) is 6.75. The topological polar surface area (TPSA) is 143 Å². The van der Waals surface area contributed by atoms with Crippen molar-refractivity contribution in [2.24, 2.45) is 5.92 Å². The van der Waals surface area contributed by atoms with Crippen molar-refractivity contribution in [1.29, 1.82) is 0 Å². The van der Waals surface area contributed by atoms with Gasteiger partial charge >= 0.3 is 6.09 Å². The van der Waals surface area contributed by atoms with Crippen LogP contribution in [0.2, 0.25) is 0 Å². The molecule has 2 saturated carbocycles. The lowest BCUT2D eigenvalue weighted by Crippen LogP contribution is -2.49. The first-order valence-corrected chi connectivity index (χ1v) is 11.1. The van der Waals surface area contributed by atoms with E-state index in [0.717, 1.165) is 12.8 Å². The van der Waals surface area contributed by atoms with Crippen molar-refractivity contribution in [2.45, 2.75) is 56.7 Å². The van der Waals surface area contributed by atoms with E-state index in [0.29, 0.717) is 37.9 Å². The molecule has 1 aromatic carbocycles. The molecule has 34 heavy (non-hydrogen) atoms. The Hall–Kier alpha value is -3.57. The second-order valence-corrected chi connectivity index (χ2v) is 8.69. The standard InChI is InChI=1S/C22H24F2N4O6/c23-14-8-13(16(9-15(14)24)28-22(33)34-12-3-4-12)20(31)27-17(7-10-5-6-25-19(10)30)18(29)21(32)26-11-1-2-11/h8-12,17H,1-7H2,(H,25,30)(H,26,32)(H,27,31)(H,28,33)/t10-,17-/m0/s1. The summed E-state index contributed by atoms with van der Waals surface area (Å²) in [6.45, 7) is 0.396. The van der Waals surface area contributed by atoms with Crippen LogP contribution < -0.4 is 21.3 Å². The third kappa shape index (κ3) is 5.86. The number of carbonyl (C=O) groups excluding carboxylic acids is 5. The highest BCUT2D eigenvalue weighted by Crippen LogP contribution is 2.26. The van der Waals surface area contributed by atoms with Gasteiger partial charge in [0.05, 0.1) is 17.3 Å². The predicted octanol–water partition coefficient (Wildman–Crippen LogP) is 1.15. The first-order chi connectivity index (χ1) is 16.2. The number of hydrogen-bond acceptors (Lipinski definition) is 6. The predicted molar refractivity (Wildman–Crippen MR) is 113 cm³/mol. The van der Waals surface area contributed by atoms with Crippen LogP contribution in [0.5, 0.6) is 0 Å². The van der Waals surface area contributed by atoms with Gasteiger partial charge in [0.15, 0.2) is 11.6 Å². The molecular formula is C22H24F2N4O6. The normalized spacial score (nSPS) is 20.2. The summed E-state index contributed by atoms with van der Waals surface area (Å²) in [7, 11) is 0. The van der Waals surface area contributed by atoms with Crippen LogP contribution in [0.3, 0.4) is 0 Å². The molecule has 10 nitrogen and oxygen atoms in total. The minimum atomic E-state index is -1.39. The molecule has 0 radical (unpaired) electrons. The van der Waals surface area contributed by atoms with E-state index in [1.807, 2.05) is 0 Å². The number of benzene rings is 1. The molecule has 4 amide bonds. The Morgan fingerprint density at radius 3 is 2.38 bits per heavy atom. The number of halogens is 2. The third-order valence-electron chi connectivity index (χ3n) is 5.78. The van der Waals surface area contributed by atoms with Gasteiger partial charge in [0.2, 0.25) is 11.7 Å². The number of Topliss-reactive ketones (excluding diaryl/α,β-unsaturated/α-hetero) is 1. The van der Waals surface area contributed by atoms with Gasteiger partial charge < -0.3 is 20.7 Å². The van der Waals surface area contributed by atoms with Crippen LogP contribution >= 0.6 is 0 Å². The van der Waals surface area contributed by atoms with Crippen LogP contribution in [0.15, 0.2) is 12.1 Å². The van der Waals surface area contributed by atoms with Gasteiger partial charge in [-0.15, -0.1) is 0 Å². The van der Waals surface area contributed by atoms with Crippen molar-refractivity contribution >= 4 is 35.3 Å². The molecule has 2 aliphatic carbocycles. The van der Waals surface area contributed by atoms with Crippen molar-refractivity contribution in [2.75, 3.05) is 11.9 Å². The molecule has 0 aromatic heterocycles. The van der Waals surface area contributed by atoms with Crippen molar-refractivity contribution < 1.29 is 37.5 Å². The zero-order chi connectivity index (χ0) is 24.4. The number of hydrogen-bond donors (Lipinski definition) is 4. The minimum absolute atomic E-state index is 0.109. The van der Waals surface area contributed by atoms with E-state index in [1.54, 1.807) is 0 Å². The quantitative estimate of drug-likeness (QED) is 0.392. The molecule has 0 spiro atoms. The summed E-state index contributed by atoms with van der Waals surface area (Å²) in [5.74, 6) is -6.47. The first kappa shape index (κ1) is 23.6.